The minimum Gasteiger partial charge on any atom is -0.439 e. The fraction of sp³-hybridized carbons (Fsp3) is 0.280. The number of aryl methyl sites for hydroxylation is 1. The van der Waals surface area contributed by atoms with Crippen LogP contribution < -0.4 is 14.2 Å². The second kappa shape index (κ2) is 10.5. The molecule has 0 fully saturated rings. The molecule has 0 spiro atoms. The van der Waals surface area contributed by atoms with Crippen LogP contribution in [-0.4, -0.2) is 21.8 Å². The molecule has 6 heteroatoms. The van der Waals surface area contributed by atoms with Gasteiger partial charge < -0.3 is 9.64 Å². The molecule has 3 aromatic rings. The first-order valence-corrected chi connectivity index (χ1v) is 13.0. The number of para-hydroxylation sites is 3. The summed E-state index contributed by atoms with van der Waals surface area (Å²) in [5, 5.41) is 1.39. The lowest BCUT2D eigenvalue weighted by molar-refractivity contribution is -0.671. The first-order chi connectivity index (χ1) is 15.2. The Morgan fingerprint density at radius 2 is 1.94 bits per heavy atom. The van der Waals surface area contributed by atoms with Gasteiger partial charge in [-0.3, -0.25) is 4.79 Å². The van der Waals surface area contributed by atoms with Crippen molar-refractivity contribution in [2.45, 2.75) is 26.3 Å². The summed E-state index contributed by atoms with van der Waals surface area (Å²) in [5.41, 5.74) is 3.47. The smallest absolute Gasteiger partial charge is 0.213 e. The predicted octanol–water partition coefficient (Wildman–Crippen LogP) is 5.82. The number of thioether (sulfide) groups is 1. The van der Waals surface area contributed by atoms with Crippen LogP contribution in [-0.2, 0) is 11.3 Å². The summed E-state index contributed by atoms with van der Waals surface area (Å²) < 4.78 is 9.73. The van der Waals surface area contributed by atoms with E-state index >= 15 is 0 Å². The van der Waals surface area contributed by atoms with Crippen LogP contribution in [0.25, 0.3) is 17.0 Å². The number of ether oxygens (including phenoxy) is 1. The summed E-state index contributed by atoms with van der Waals surface area (Å²) in [7, 11) is 0. The van der Waals surface area contributed by atoms with E-state index in [1.807, 2.05) is 18.2 Å². The Kier molecular flexibility index (Phi) is 7.50. The van der Waals surface area contributed by atoms with E-state index in [0.717, 1.165) is 59.0 Å². The molecule has 0 amide bonds. The van der Waals surface area contributed by atoms with Crippen molar-refractivity contribution < 1.29 is 14.1 Å². The van der Waals surface area contributed by atoms with Gasteiger partial charge in [-0.05, 0) is 30.2 Å². The molecule has 0 saturated heterocycles. The molecular formula is C25H26IN2O2S+. The zero-order valence-corrected chi connectivity index (χ0v) is 20.6. The van der Waals surface area contributed by atoms with Crippen LogP contribution >= 0.6 is 34.4 Å². The van der Waals surface area contributed by atoms with Gasteiger partial charge in [-0.2, -0.15) is 4.57 Å². The number of carbonyl (C=O) groups excluding carboxylic acids is 1. The average molecular weight is 545 g/mol. The molecule has 31 heavy (non-hydrogen) atoms. The van der Waals surface area contributed by atoms with Crippen LogP contribution in [0.5, 0.6) is 5.75 Å². The number of alkyl halides is 1. The fourth-order valence-corrected chi connectivity index (χ4v) is 4.72. The molecule has 0 N–H and O–H groups in total. The van der Waals surface area contributed by atoms with Gasteiger partial charge in [0.05, 0.1) is 11.1 Å². The molecule has 0 unspecified atom stereocenters. The Bertz CT molecular complexity index is 1120. The van der Waals surface area contributed by atoms with E-state index in [4.69, 9.17) is 4.74 Å². The van der Waals surface area contributed by atoms with Crippen molar-refractivity contribution in [3.63, 3.8) is 0 Å². The normalized spacial score (nSPS) is 14.1. The van der Waals surface area contributed by atoms with Crippen molar-refractivity contribution in [2.24, 2.45) is 0 Å². The maximum atomic E-state index is 11.3. The Hall–Kier alpha value is -2.06. The lowest BCUT2D eigenvalue weighted by atomic mass is 10.1. The Labute approximate surface area is 201 Å². The number of pyridine rings is 1. The number of hydrogen-bond donors (Lipinski definition) is 0. The maximum Gasteiger partial charge on any atom is 0.213 e. The highest BCUT2D eigenvalue weighted by molar-refractivity contribution is 14.1. The van der Waals surface area contributed by atoms with Crippen molar-refractivity contribution in [1.29, 1.82) is 0 Å². The van der Waals surface area contributed by atoms with Crippen molar-refractivity contribution >= 4 is 62.1 Å². The first-order valence-electron chi connectivity index (χ1n) is 10.5. The van der Waals surface area contributed by atoms with Gasteiger partial charge in [-0.1, -0.05) is 58.6 Å². The fourth-order valence-electron chi connectivity index (χ4n) is 3.82. The summed E-state index contributed by atoms with van der Waals surface area (Å²) >= 11 is 3.81. The van der Waals surface area contributed by atoms with E-state index in [1.54, 1.807) is 6.92 Å². The van der Waals surface area contributed by atoms with E-state index in [9.17, 15) is 4.79 Å². The highest BCUT2D eigenvalue weighted by Crippen LogP contribution is 2.39. The Morgan fingerprint density at radius 1 is 1.13 bits per heavy atom. The number of hydrogen-bond acceptors (Lipinski definition) is 4. The molecule has 0 saturated carbocycles. The van der Waals surface area contributed by atoms with Crippen molar-refractivity contribution in [1.82, 2.24) is 0 Å². The summed E-state index contributed by atoms with van der Waals surface area (Å²) in [4.78, 5) is 13.5. The minimum atomic E-state index is 0.167. The molecule has 1 aliphatic rings. The molecule has 1 aliphatic heterocycles. The molecule has 1 aromatic heterocycles. The van der Waals surface area contributed by atoms with E-state index in [2.05, 4.69) is 80.7 Å². The minimum absolute atomic E-state index is 0.167. The van der Waals surface area contributed by atoms with Crippen molar-refractivity contribution in [3.05, 3.63) is 72.2 Å². The molecule has 0 aliphatic carbocycles. The van der Waals surface area contributed by atoms with Gasteiger partial charge in [-0.25, -0.2) is 0 Å². The molecule has 0 radical (unpaired) electrons. The third-order valence-corrected chi connectivity index (χ3v) is 6.90. The number of halogens is 1. The van der Waals surface area contributed by atoms with Crippen LogP contribution in [0.15, 0.2) is 66.7 Å². The topological polar surface area (TPSA) is 33.4 Å². The number of rotatable bonds is 8. The van der Waals surface area contributed by atoms with E-state index in [1.165, 1.54) is 22.7 Å². The monoisotopic (exact) mass is 545 g/mol. The number of benzene rings is 2. The predicted molar refractivity (Wildman–Crippen MR) is 138 cm³/mol. The molecule has 2 aromatic carbocycles. The zero-order chi connectivity index (χ0) is 21.6. The summed E-state index contributed by atoms with van der Waals surface area (Å²) in [6.45, 7) is 3.45. The highest BCUT2D eigenvalue weighted by Gasteiger charge is 2.26. The third kappa shape index (κ3) is 5.23. The molecule has 4 rings (SSSR count). The number of anilines is 1. The Morgan fingerprint density at radius 3 is 2.77 bits per heavy atom. The SMILES string of the molecule is CC(=O)SCCCN1/C(=C/c2cc[n+](CCCI)c3ccccc23)Oc2ccccc21. The number of carbonyl (C=O) groups is 1. The lowest BCUT2D eigenvalue weighted by Crippen LogP contribution is -2.34. The molecule has 0 atom stereocenters. The highest BCUT2D eigenvalue weighted by atomic mass is 127. The molecular weight excluding hydrogens is 519 g/mol. The van der Waals surface area contributed by atoms with Gasteiger partial charge in [0.25, 0.3) is 0 Å². The second-order valence-electron chi connectivity index (χ2n) is 7.42. The third-order valence-electron chi connectivity index (χ3n) is 5.24. The molecule has 0 bridgehead atoms. The van der Waals surface area contributed by atoms with Crippen LogP contribution in [0.2, 0.25) is 0 Å². The largest absolute Gasteiger partial charge is 0.439 e. The second-order valence-corrected chi connectivity index (χ2v) is 9.77. The van der Waals surface area contributed by atoms with Gasteiger partial charge in [0, 0.05) is 48.3 Å². The number of fused-ring (bicyclic) bond motifs is 2. The molecule has 160 valence electrons. The van der Waals surface area contributed by atoms with Gasteiger partial charge in [0.2, 0.25) is 11.4 Å². The van der Waals surface area contributed by atoms with Crippen LogP contribution in [0.1, 0.15) is 25.3 Å². The van der Waals surface area contributed by atoms with Crippen LogP contribution in [0, 0.1) is 0 Å². The summed E-state index contributed by atoms with van der Waals surface area (Å²) in [6, 6.07) is 18.9. The number of aromatic nitrogens is 1. The van der Waals surface area contributed by atoms with E-state index < -0.39 is 0 Å². The van der Waals surface area contributed by atoms with Crippen molar-refractivity contribution in [3.8, 4) is 5.75 Å². The van der Waals surface area contributed by atoms with Gasteiger partial charge >= 0.3 is 0 Å². The Balaban J connectivity index is 1.66. The van der Waals surface area contributed by atoms with E-state index in [0.29, 0.717) is 0 Å². The van der Waals surface area contributed by atoms with Crippen molar-refractivity contribution in [2.75, 3.05) is 21.6 Å². The zero-order valence-electron chi connectivity index (χ0n) is 17.6. The van der Waals surface area contributed by atoms with Gasteiger partial charge in [0.1, 0.15) is 6.54 Å². The maximum absolute atomic E-state index is 11.3. The van der Waals surface area contributed by atoms with Gasteiger partial charge in [-0.15, -0.1) is 0 Å². The summed E-state index contributed by atoms with van der Waals surface area (Å²) in [6.07, 6.45) is 6.38. The average Bonchev–Trinajstić information content (AvgIpc) is 3.13. The first kappa shape index (κ1) is 22.1. The standard InChI is InChI=1S/C25H26IN2O2S/c1-19(29)31-17-7-15-28-23-10-4-5-11-24(23)30-25(28)18-20-12-16-27(14-6-13-26)22-9-3-2-8-21(20)22/h2-5,8-12,16,18H,6-7,13-15,17H2,1H3/q+1. The molecule has 4 nitrogen and oxygen atoms in total. The van der Waals surface area contributed by atoms with Crippen LogP contribution in [0.3, 0.4) is 0 Å². The lowest BCUT2D eigenvalue weighted by Gasteiger charge is -2.18. The van der Waals surface area contributed by atoms with Gasteiger partial charge in [0.15, 0.2) is 17.1 Å². The summed E-state index contributed by atoms with van der Waals surface area (Å²) in [5.74, 6) is 2.53. The molecule has 2 heterocycles. The van der Waals surface area contributed by atoms with Crippen LogP contribution in [0.4, 0.5) is 5.69 Å². The quantitative estimate of drug-likeness (QED) is 0.155. The van der Waals surface area contributed by atoms with E-state index in [-0.39, 0.29) is 5.12 Å². The number of nitrogens with zero attached hydrogens (tertiary/aromatic N) is 2.